The van der Waals surface area contributed by atoms with Gasteiger partial charge in [-0.25, -0.2) is 0 Å². The molecule has 7 heteroatoms. The number of rotatable bonds is 12. The van der Waals surface area contributed by atoms with Crippen LogP contribution in [0.15, 0.2) is 81.7 Å². The third kappa shape index (κ3) is 9.00. The summed E-state index contributed by atoms with van der Waals surface area (Å²) in [5, 5.41) is 3.04. The average Bonchev–Trinajstić information content (AvgIpc) is 2.90. The van der Waals surface area contributed by atoms with Crippen molar-refractivity contribution in [1.82, 2.24) is 10.2 Å². The number of benzene rings is 3. The Bertz CT molecular complexity index is 1170. The zero-order valence-corrected chi connectivity index (χ0v) is 24.7. The third-order valence-electron chi connectivity index (χ3n) is 5.98. The molecule has 2 amide bonds. The van der Waals surface area contributed by atoms with Gasteiger partial charge >= 0.3 is 0 Å². The van der Waals surface area contributed by atoms with Crippen molar-refractivity contribution in [2.45, 2.75) is 46.2 Å². The quantitative estimate of drug-likeness (QED) is 0.247. The van der Waals surface area contributed by atoms with E-state index < -0.39 is 6.04 Å². The van der Waals surface area contributed by atoms with Gasteiger partial charge in [0.05, 0.1) is 4.47 Å². The first-order valence-corrected chi connectivity index (χ1v) is 14.1. The summed E-state index contributed by atoms with van der Waals surface area (Å²) in [6.45, 7) is 6.83. The Morgan fingerprint density at radius 2 is 1.59 bits per heavy atom. The first-order valence-electron chi connectivity index (χ1n) is 12.5. The van der Waals surface area contributed by atoms with Crippen LogP contribution < -0.4 is 10.1 Å². The molecular formula is C30H34Br2N2O3. The lowest BCUT2D eigenvalue weighted by Gasteiger charge is -2.31. The number of halogens is 2. The topological polar surface area (TPSA) is 58.6 Å². The van der Waals surface area contributed by atoms with Crippen molar-refractivity contribution in [3.8, 4) is 5.75 Å². The predicted molar refractivity (Wildman–Crippen MR) is 155 cm³/mol. The highest BCUT2D eigenvalue weighted by atomic mass is 79.9. The van der Waals surface area contributed by atoms with Gasteiger partial charge in [-0.2, -0.15) is 0 Å². The number of carbonyl (C=O) groups is 2. The minimum absolute atomic E-state index is 0.170. The summed E-state index contributed by atoms with van der Waals surface area (Å²) in [7, 11) is 0. The van der Waals surface area contributed by atoms with E-state index in [0.717, 1.165) is 26.5 Å². The van der Waals surface area contributed by atoms with Crippen LogP contribution in [0.4, 0.5) is 0 Å². The smallest absolute Gasteiger partial charge is 0.261 e. The maximum absolute atomic E-state index is 13.7. The lowest BCUT2D eigenvalue weighted by atomic mass is 10.0. The number of aryl methyl sites for hydroxylation is 1. The minimum atomic E-state index is -0.688. The van der Waals surface area contributed by atoms with Crippen LogP contribution in [0.25, 0.3) is 0 Å². The molecule has 0 aliphatic carbocycles. The highest BCUT2D eigenvalue weighted by Gasteiger charge is 2.30. The second kappa shape index (κ2) is 14.3. The van der Waals surface area contributed by atoms with Gasteiger partial charge in [0.2, 0.25) is 5.91 Å². The zero-order chi connectivity index (χ0) is 26.8. The van der Waals surface area contributed by atoms with Crippen molar-refractivity contribution in [1.29, 1.82) is 0 Å². The van der Waals surface area contributed by atoms with Crippen molar-refractivity contribution in [3.63, 3.8) is 0 Å². The Hall–Kier alpha value is -2.64. The number of hydrogen-bond acceptors (Lipinski definition) is 3. The SMILES string of the molecule is CCc1ccc(OCC(=O)N(Cc2ccc(Br)cc2)[C@@H](Cc2ccccc2)C(=O)NCC(C)C)c(Br)c1. The number of nitrogens with zero attached hydrogens (tertiary/aromatic N) is 1. The van der Waals surface area contributed by atoms with Gasteiger partial charge in [0.25, 0.3) is 5.91 Å². The van der Waals surface area contributed by atoms with E-state index in [-0.39, 0.29) is 25.0 Å². The molecule has 0 radical (unpaired) electrons. The highest BCUT2D eigenvalue weighted by Crippen LogP contribution is 2.26. The molecule has 3 aromatic rings. The Labute approximate surface area is 236 Å². The molecule has 0 bridgehead atoms. The lowest BCUT2D eigenvalue weighted by molar-refractivity contribution is -0.142. The number of carbonyl (C=O) groups excluding carboxylic acids is 2. The van der Waals surface area contributed by atoms with Crippen LogP contribution >= 0.6 is 31.9 Å². The summed E-state index contributed by atoms with van der Waals surface area (Å²) in [6.07, 6.45) is 1.31. The fourth-order valence-electron chi connectivity index (χ4n) is 3.87. The normalized spacial score (nSPS) is 11.7. The van der Waals surface area contributed by atoms with E-state index in [0.29, 0.717) is 24.6 Å². The van der Waals surface area contributed by atoms with Crippen LogP contribution in [0, 0.1) is 5.92 Å². The lowest BCUT2D eigenvalue weighted by Crippen LogP contribution is -2.52. The maximum atomic E-state index is 13.7. The van der Waals surface area contributed by atoms with E-state index in [2.05, 4.69) is 44.1 Å². The Morgan fingerprint density at radius 3 is 2.22 bits per heavy atom. The van der Waals surface area contributed by atoms with Crippen LogP contribution in [0.5, 0.6) is 5.75 Å². The van der Waals surface area contributed by atoms with Crippen molar-refractivity contribution in [3.05, 3.63) is 98.4 Å². The van der Waals surface area contributed by atoms with Crippen molar-refractivity contribution < 1.29 is 14.3 Å². The van der Waals surface area contributed by atoms with Crippen LogP contribution in [0.2, 0.25) is 0 Å². The second-order valence-electron chi connectivity index (χ2n) is 9.40. The fraction of sp³-hybridized carbons (Fsp3) is 0.333. The van der Waals surface area contributed by atoms with Crippen LogP contribution in [0.3, 0.4) is 0 Å². The van der Waals surface area contributed by atoms with E-state index >= 15 is 0 Å². The molecule has 0 saturated heterocycles. The molecule has 0 saturated carbocycles. The van der Waals surface area contributed by atoms with Crippen molar-refractivity contribution >= 4 is 43.7 Å². The molecule has 0 aliphatic heterocycles. The molecule has 1 N–H and O–H groups in total. The van der Waals surface area contributed by atoms with Gasteiger partial charge in [-0.05, 0) is 69.2 Å². The standard InChI is InChI=1S/C30H34Br2N2O3/c1-4-22-12-15-28(26(32)16-22)37-20-29(35)34(19-24-10-13-25(31)14-11-24)27(30(36)33-18-21(2)3)17-23-8-6-5-7-9-23/h5-16,21,27H,4,17-20H2,1-3H3,(H,33,36)/t27-/m0/s1. The summed E-state index contributed by atoms with van der Waals surface area (Å²) in [5.74, 6) is 0.466. The van der Waals surface area contributed by atoms with Gasteiger partial charge in [0.1, 0.15) is 11.8 Å². The van der Waals surface area contributed by atoms with E-state index in [1.807, 2.05) is 86.6 Å². The first-order chi connectivity index (χ1) is 17.8. The molecular weight excluding hydrogens is 596 g/mol. The summed E-state index contributed by atoms with van der Waals surface area (Å²) >= 11 is 7.02. The van der Waals surface area contributed by atoms with Gasteiger partial charge in [-0.1, -0.05) is 85.2 Å². The summed E-state index contributed by atoms with van der Waals surface area (Å²) in [5.41, 5.74) is 3.09. The summed E-state index contributed by atoms with van der Waals surface area (Å²) in [4.78, 5) is 28.8. The molecule has 0 spiro atoms. The van der Waals surface area contributed by atoms with E-state index in [4.69, 9.17) is 4.74 Å². The van der Waals surface area contributed by atoms with Crippen LogP contribution in [0.1, 0.15) is 37.5 Å². The molecule has 3 rings (SSSR count). The van der Waals surface area contributed by atoms with Gasteiger partial charge in [-0.15, -0.1) is 0 Å². The zero-order valence-electron chi connectivity index (χ0n) is 21.5. The second-order valence-corrected chi connectivity index (χ2v) is 11.2. The van der Waals surface area contributed by atoms with Gasteiger partial charge in [-0.3, -0.25) is 9.59 Å². The number of ether oxygens (including phenoxy) is 1. The molecule has 3 aromatic carbocycles. The number of nitrogens with one attached hydrogen (secondary N) is 1. The van der Waals surface area contributed by atoms with E-state index in [1.165, 1.54) is 5.56 Å². The van der Waals surface area contributed by atoms with Crippen LogP contribution in [-0.4, -0.2) is 35.9 Å². The predicted octanol–water partition coefficient (Wildman–Crippen LogP) is 6.57. The van der Waals surface area contributed by atoms with Gasteiger partial charge < -0.3 is 15.0 Å². The number of hydrogen-bond donors (Lipinski definition) is 1. The summed E-state index contributed by atoms with van der Waals surface area (Å²) < 4.78 is 7.69. The molecule has 0 fully saturated rings. The molecule has 1 atom stereocenters. The highest BCUT2D eigenvalue weighted by molar-refractivity contribution is 9.10. The van der Waals surface area contributed by atoms with Crippen molar-refractivity contribution in [2.75, 3.05) is 13.2 Å². The van der Waals surface area contributed by atoms with E-state index in [9.17, 15) is 9.59 Å². The monoisotopic (exact) mass is 628 g/mol. The molecule has 0 heterocycles. The Kier molecular flexibility index (Phi) is 11.2. The maximum Gasteiger partial charge on any atom is 0.261 e. The minimum Gasteiger partial charge on any atom is -0.483 e. The van der Waals surface area contributed by atoms with E-state index in [1.54, 1.807) is 4.90 Å². The largest absolute Gasteiger partial charge is 0.483 e. The van der Waals surface area contributed by atoms with Crippen LogP contribution in [-0.2, 0) is 29.0 Å². The Balaban J connectivity index is 1.89. The first kappa shape index (κ1) is 28.9. The summed E-state index contributed by atoms with van der Waals surface area (Å²) in [6, 6.07) is 22.7. The van der Waals surface area contributed by atoms with Gasteiger partial charge in [0, 0.05) is 24.0 Å². The molecule has 0 aliphatic rings. The molecule has 37 heavy (non-hydrogen) atoms. The fourth-order valence-corrected chi connectivity index (χ4v) is 4.67. The Morgan fingerprint density at radius 1 is 0.919 bits per heavy atom. The third-order valence-corrected chi connectivity index (χ3v) is 7.13. The number of amides is 2. The molecule has 196 valence electrons. The van der Waals surface area contributed by atoms with Gasteiger partial charge in [0.15, 0.2) is 6.61 Å². The molecule has 5 nitrogen and oxygen atoms in total. The molecule has 0 unspecified atom stereocenters. The van der Waals surface area contributed by atoms with Crippen molar-refractivity contribution in [2.24, 2.45) is 5.92 Å². The average molecular weight is 630 g/mol. The molecule has 0 aromatic heterocycles.